The lowest BCUT2D eigenvalue weighted by Gasteiger charge is -1.91. The molecule has 0 aliphatic rings. The minimum absolute atomic E-state index is 1.22. The standard InChI is InChI=1S/C12H14S/c1-3-5-11-8-10-7-4-6-9(2)12(10)13-11/h4,6-8H,3,5H2,1-2H3. The minimum atomic E-state index is 1.22. The van der Waals surface area contributed by atoms with Crippen LogP contribution in [0.2, 0.25) is 0 Å². The molecule has 1 aromatic carbocycles. The van der Waals surface area contributed by atoms with E-state index in [0.717, 1.165) is 0 Å². The van der Waals surface area contributed by atoms with Gasteiger partial charge in [0.25, 0.3) is 0 Å². The Morgan fingerprint density at radius 3 is 2.85 bits per heavy atom. The molecule has 2 rings (SSSR count). The van der Waals surface area contributed by atoms with Crippen molar-refractivity contribution in [1.29, 1.82) is 0 Å². The summed E-state index contributed by atoms with van der Waals surface area (Å²) in [5, 5.41) is 1.41. The van der Waals surface area contributed by atoms with Crippen molar-refractivity contribution in [3.8, 4) is 0 Å². The predicted octanol–water partition coefficient (Wildman–Crippen LogP) is 4.16. The maximum atomic E-state index is 2.33. The molecule has 0 nitrogen and oxygen atoms in total. The van der Waals surface area contributed by atoms with E-state index < -0.39 is 0 Å². The van der Waals surface area contributed by atoms with Crippen LogP contribution in [0.1, 0.15) is 23.8 Å². The van der Waals surface area contributed by atoms with Crippen molar-refractivity contribution in [2.45, 2.75) is 26.7 Å². The lowest BCUT2D eigenvalue weighted by molar-refractivity contribution is 0.941. The van der Waals surface area contributed by atoms with Gasteiger partial charge in [0.2, 0.25) is 0 Å². The summed E-state index contributed by atoms with van der Waals surface area (Å²) >= 11 is 1.95. The predicted molar refractivity (Wildman–Crippen MR) is 60.6 cm³/mol. The van der Waals surface area contributed by atoms with E-state index in [1.807, 2.05) is 11.3 Å². The number of benzene rings is 1. The van der Waals surface area contributed by atoms with Gasteiger partial charge >= 0.3 is 0 Å². The zero-order chi connectivity index (χ0) is 9.26. The molecule has 0 aliphatic carbocycles. The maximum absolute atomic E-state index is 2.33. The Kier molecular flexibility index (Phi) is 2.36. The quantitative estimate of drug-likeness (QED) is 0.667. The molecule has 1 aromatic heterocycles. The third-order valence-corrected chi connectivity index (χ3v) is 3.63. The minimum Gasteiger partial charge on any atom is -0.140 e. The van der Waals surface area contributed by atoms with Gasteiger partial charge in [0.05, 0.1) is 0 Å². The molecule has 1 heterocycles. The number of hydrogen-bond donors (Lipinski definition) is 0. The summed E-state index contributed by atoms with van der Waals surface area (Å²) in [5.41, 5.74) is 1.41. The van der Waals surface area contributed by atoms with Crippen molar-refractivity contribution in [3.63, 3.8) is 0 Å². The van der Waals surface area contributed by atoms with Gasteiger partial charge in [0.15, 0.2) is 0 Å². The molecule has 13 heavy (non-hydrogen) atoms. The number of aryl methyl sites for hydroxylation is 2. The van der Waals surface area contributed by atoms with Crippen LogP contribution >= 0.6 is 11.3 Å². The van der Waals surface area contributed by atoms with Crippen LogP contribution < -0.4 is 0 Å². The van der Waals surface area contributed by atoms with E-state index in [4.69, 9.17) is 0 Å². The Bertz CT molecular complexity index is 412. The highest BCUT2D eigenvalue weighted by molar-refractivity contribution is 7.19. The zero-order valence-corrected chi connectivity index (χ0v) is 8.95. The molecule has 0 aliphatic heterocycles. The average Bonchev–Trinajstić information content (AvgIpc) is 2.49. The first-order chi connectivity index (χ1) is 6.31. The number of hydrogen-bond acceptors (Lipinski definition) is 1. The molecule has 0 atom stereocenters. The average molecular weight is 190 g/mol. The van der Waals surface area contributed by atoms with Crippen LogP contribution in [0, 0.1) is 6.92 Å². The van der Waals surface area contributed by atoms with Crippen LogP contribution in [0.4, 0.5) is 0 Å². The van der Waals surface area contributed by atoms with E-state index in [9.17, 15) is 0 Å². The number of rotatable bonds is 2. The summed E-state index contributed by atoms with van der Waals surface area (Å²) in [7, 11) is 0. The molecular weight excluding hydrogens is 176 g/mol. The molecule has 2 aromatic rings. The smallest absolute Gasteiger partial charge is 0.0374 e. The Morgan fingerprint density at radius 1 is 1.31 bits per heavy atom. The molecule has 0 bridgehead atoms. The molecule has 0 unspecified atom stereocenters. The van der Waals surface area contributed by atoms with Crippen molar-refractivity contribution in [2.24, 2.45) is 0 Å². The fraction of sp³-hybridized carbons (Fsp3) is 0.333. The second-order valence-electron chi connectivity index (χ2n) is 3.46. The Balaban J connectivity index is 2.55. The van der Waals surface area contributed by atoms with Gasteiger partial charge in [-0.2, -0.15) is 0 Å². The van der Waals surface area contributed by atoms with Crippen LogP contribution in [0.25, 0.3) is 10.1 Å². The number of fused-ring (bicyclic) bond motifs is 1. The van der Waals surface area contributed by atoms with Crippen molar-refractivity contribution in [2.75, 3.05) is 0 Å². The molecule has 0 N–H and O–H groups in total. The fourth-order valence-electron chi connectivity index (χ4n) is 1.63. The second-order valence-corrected chi connectivity index (χ2v) is 4.59. The third-order valence-electron chi connectivity index (χ3n) is 2.29. The molecule has 0 radical (unpaired) electrons. The van der Waals surface area contributed by atoms with Crippen molar-refractivity contribution in [1.82, 2.24) is 0 Å². The molecular formula is C12H14S. The highest BCUT2D eigenvalue weighted by Gasteiger charge is 2.02. The first-order valence-corrected chi connectivity index (χ1v) is 5.61. The largest absolute Gasteiger partial charge is 0.140 e. The maximum Gasteiger partial charge on any atom is 0.0374 e. The van der Waals surface area contributed by atoms with Crippen LogP contribution in [-0.4, -0.2) is 0 Å². The Labute approximate surface area is 83.2 Å². The monoisotopic (exact) mass is 190 g/mol. The first-order valence-electron chi connectivity index (χ1n) is 4.79. The van der Waals surface area contributed by atoms with Crippen molar-refractivity contribution < 1.29 is 0 Å². The van der Waals surface area contributed by atoms with E-state index in [0.29, 0.717) is 0 Å². The van der Waals surface area contributed by atoms with E-state index >= 15 is 0 Å². The zero-order valence-electron chi connectivity index (χ0n) is 8.13. The van der Waals surface area contributed by atoms with Crippen LogP contribution in [-0.2, 0) is 6.42 Å². The second kappa shape index (κ2) is 3.51. The van der Waals surface area contributed by atoms with Crippen LogP contribution in [0.15, 0.2) is 24.3 Å². The van der Waals surface area contributed by atoms with E-state index in [2.05, 4.69) is 38.1 Å². The molecule has 68 valence electrons. The summed E-state index contributed by atoms with van der Waals surface area (Å²) < 4.78 is 1.46. The molecule has 0 amide bonds. The highest BCUT2D eigenvalue weighted by Crippen LogP contribution is 2.28. The van der Waals surface area contributed by atoms with Gasteiger partial charge in [-0.3, -0.25) is 0 Å². The SMILES string of the molecule is CCCc1cc2cccc(C)c2s1. The number of thiophene rings is 1. The van der Waals surface area contributed by atoms with Gasteiger partial charge in [-0.1, -0.05) is 31.5 Å². The van der Waals surface area contributed by atoms with Gasteiger partial charge in [-0.05, 0) is 30.4 Å². The summed E-state index contributed by atoms with van der Waals surface area (Å²) in [4.78, 5) is 1.52. The van der Waals surface area contributed by atoms with Gasteiger partial charge in [0.1, 0.15) is 0 Å². The van der Waals surface area contributed by atoms with Crippen LogP contribution in [0.3, 0.4) is 0 Å². The molecule has 0 fully saturated rings. The van der Waals surface area contributed by atoms with Crippen molar-refractivity contribution in [3.05, 3.63) is 34.7 Å². The molecule has 0 saturated carbocycles. The fourth-order valence-corrected chi connectivity index (χ4v) is 2.86. The topological polar surface area (TPSA) is 0 Å². The first kappa shape index (κ1) is 8.76. The van der Waals surface area contributed by atoms with Gasteiger partial charge in [0, 0.05) is 9.58 Å². The normalized spacial score (nSPS) is 10.9. The summed E-state index contributed by atoms with van der Waals surface area (Å²) in [6, 6.07) is 8.86. The van der Waals surface area contributed by atoms with Gasteiger partial charge in [-0.15, -0.1) is 11.3 Å². The molecule has 1 heteroatoms. The van der Waals surface area contributed by atoms with E-state index in [1.165, 1.54) is 33.4 Å². The third kappa shape index (κ3) is 1.61. The molecule has 0 saturated heterocycles. The van der Waals surface area contributed by atoms with E-state index in [-0.39, 0.29) is 0 Å². The van der Waals surface area contributed by atoms with Crippen molar-refractivity contribution >= 4 is 21.4 Å². The summed E-state index contributed by atoms with van der Waals surface area (Å²) in [5.74, 6) is 0. The lowest BCUT2D eigenvalue weighted by atomic mass is 10.2. The Hall–Kier alpha value is -0.820. The summed E-state index contributed by atoms with van der Waals surface area (Å²) in [6.45, 7) is 4.42. The van der Waals surface area contributed by atoms with Gasteiger partial charge in [-0.25, -0.2) is 0 Å². The van der Waals surface area contributed by atoms with Crippen LogP contribution in [0.5, 0.6) is 0 Å². The molecule has 0 spiro atoms. The lowest BCUT2D eigenvalue weighted by Crippen LogP contribution is -1.71. The highest BCUT2D eigenvalue weighted by atomic mass is 32.1. The van der Waals surface area contributed by atoms with Gasteiger partial charge < -0.3 is 0 Å². The Morgan fingerprint density at radius 2 is 2.15 bits per heavy atom. The van der Waals surface area contributed by atoms with E-state index in [1.54, 1.807) is 0 Å². The summed E-state index contributed by atoms with van der Waals surface area (Å²) in [6.07, 6.45) is 2.46.